The lowest BCUT2D eigenvalue weighted by molar-refractivity contribution is 0.0526. The first kappa shape index (κ1) is 22.6. The van der Waals surface area contributed by atoms with Gasteiger partial charge in [-0.2, -0.15) is 0 Å². The molecule has 8 heteroatoms. The molecule has 1 heterocycles. The molecule has 1 aliphatic rings. The van der Waals surface area contributed by atoms with Gasteiger partial charge in [-0.25, -0.2) is 4.79 Å². The van der Waals surface area contributed by atoms with Crippen LogP contribution in [0.1, 0.15) is 34.6 Å². The third-order valence-electron chi connectivity index (χ3n) is 5.09. The molecule has 2 aromatic rings. The number of piperazine rings is 1. The van der Waals surface area contributed by atoms with Gasteiger partial charge in [-0.15, -0.1) is 0 Å². The maximum Gasteiger partial charge on any atom is 0.338 e. The molecule has 0 bridgehead atoms. The van der Waals surface area contributed by atoms with Crippen molar-refractivity contribution in [1.82, 2.24) is 4.90 Å². The third kappa shape index (κ3) is 5.33. The minimum atomic E-state index is -0.421. The van der Waals surface area contributed by atoms with Crippen molar-refractivity contribution in [2.75, 3.05) is 49.5 Å². The van der Waals surface area contributed by atoms with Crippen molar-refractivity contribution in [3.05, 3.63) is 57.0 Å². The van der Waals surface area contributed by atoms with Crippen LogP contribution in [0.2, 0.25) is 5.02 Å². The van der Waals surface area contributed by atoms with Crippen LogP contribution in [-0.2, 0) is 4.74 Å². The number of hydrogen-bond acceptors (Lipinski definition) is 5. The third-order valence-corrected chi connectivity index (χ3v) is 5.91. The molecular formula is C22H25BrClN3O3. The Balaban J connectivity index is 1.92. The molecule has 30 heavy (non-hydrogen) atoms. The van der Waals surface area contributed by atoms with E-state index in [1.54, 1.807) is 37.3 Å². The second-order valence-corrected chi connectivity index (χ2v) is 8.27. The maximum absolute atomic E-state index is 13.0. The summed E-state index contributed by atoms with van der Waals surface area (Å²) in [7, 11) is 0. The fourth-order valence-electron chi connectivity index (χ4n) is 3.42. The van der Waals surface area contributed by atoms with Gasteiger partial charge >= 0.3 is 5.97 Å². The fourth-order valence-corrected chi connectivity index (χ4v) is 3.98. The summed E-state index contributed by atoms with van der Waals surface area (Å²) in [6, 6.07) is 10.4. The molecule has 1 aliphatic heterocycles. The van der Waals surface area contributed by atoms with Crippen LogP contribution in [0.15, 0.2) is 40.9 Å². The lowest BCUT2D eigenvalue weighted by atomic mass is 10.1. The van der Waals surface area contributed by atoms with Crippen LogP contribution in [0.4, 0.5) is 11.4 Å². The molecule has 0 aromatic heterocycles. The molecule has 160 valence electrons. The molecule has 1 amide bonds. The predicted molar refractivity (Wildman–Crippen MR) is 124 cm³/mol. The highest BCUT2D eigenvalue weighted by atomic mass is 79.9. The van der Waals surface area contributed by atoms with Gasteiger partial charge < -0.3 is 19.9 Å². The van der Waals surface area contributed by atoms with Crippen molar-refractivity contribution in [2.24, 2.45) is 0 Å². The predicted octanol–water partition coefficient (Wildman–Crippen LogP) is 4.67. The molecule has 0 unspecified atom stereocenters. The van der Waals surface area contributed by atoms with Gasteiger partial charge in [0, 0.05) is 30.7 Å². The van der Waals surface area contributed by atoms with Crippen LogP contribution < -0.4 is 10.2 Å². The number of ether oxygens (including phenoxy) is 1. The molecule has 0 radical (unpaired) electrons. The highest BCUT2D eigenvalue weighted by Gasteiger charge is 2.22. The number of rotatable bonds is 6. The van der Waals surface area contributed by atoms with Crippen molar-refractivity contribution in [2.45, 2.75) is 13.8 Å². The number of likely N-dealkylation sites (N-methyl/N-ethyl adjacent to an activating group) is 1. The molecule has 1 saturated heterocycles. The van der Waals surface area contributed by atoms with Crippen LogP contribution in [0.5, 0.6) is 0 Å². The summed E-state index contributed by atoms with van der Waals surface area (Å²) in [4.78, 5) is 29.8. The minimum Gasteiger partial charge on any atom is -0.462 e. The van der Waals surface area contributed by atoms with Crippen molar-refractivity contribution in [3.63, 3.8) is 0 Å². The SMILES string of the molecule is CCOC(=O)c1ccc(N2CCN(CC)CC2)c(NC(=O)c2cc(Br)ccc2Cl)c1. The van der Waals surface area contributed by atoms with E-state index in [0.717, 1.165) is 42.9 Å². The second kappa shape index (κ2) is 10.3. The lowest BCUT2D eigenvalue weighted by Crippen LogP contribution is -2.46. The van der Waals surface area contributed by atoms with E-state index < -0.39 is 5.97 Å². The summed E-state index contributed by atoms with van der Waals surface area (Å²) < 4.78 is 5.88. The number of anilines is 2. The zero-order valence-corrected chi connectivity index (χ0v) is 19.4. The first-order valence-electron chi connectivity index (χ1n) is 9.97. The summed E-state index contributed by atoms with van der Waals surface area (Å²) >= 11 is 9.60. The largest absolute Gasteiger partial charge is 0.462 e. The van der Waals surface area contributed by atoms with Crippen LogP contribution >= 0.6 is 27.5 Å². The number of carbonyl (C=O) groups excluding carboxylic acids is 2. The Morgan fingerprint density at radius 2 is 1.83 bits per heavy atom. The average Bonchev–Trinajstić information content (AvgIpc) is 2.75. The van der Waals surface area contributed by atoms with E-state index >= 15 is 0 Å². The van der Waals surface area contributed by atoms with Gasteiger partial charge in [-0.1, -0.05) is 34.5 Å². The van der Waals surface area contributed by atoms with E-state index in [9.17, 15) is 9.59 Å². The van der Waals surface area contributed by atoms with Crippen LogP contribution in [0, 0.1) is 0 Å². The Bertz CT molecular complexity index is 930. The number of nitrogens with one attached hydrogen (secondary N) is 1. The lowest BCUT2D eigenvalue weighted by Gasteiger charge is -2.36. The second-order valence-electron chi connectivity index (χ2n) is 6.95. The molecule has 3 rings (SSSR count). The maximum atomic E-state index is 13.0. The van der Waals surface area contributed by atoms with Gasteiger partial charge in [0.15, 0.2) is 0 Å². The van der Waals surface area contributed by atoms with Crippen molar-refractivity contribution in [1.29, 1.82) is 0 Å². The summed E-state index contributed by atoms with van der Waals surface area (Å²) in [5, 5.41) is 3.30. The molecule has 2 aromatic carbocycles. The van der Waals surface area contributed by atoms with Gasteiger partial charge in [-0.3, -0.25) is 4.79 Å². The molecule has 0 saturated carbocycles. The average molecular weight is 495 g/mol. The first-order chi connectivity index (χ1) is 14.4. The van der Waals surface area contributed by atoms with Crippen LogP contribution in [-0.4, -0.2) is 56.1 Å². The summed E-state index contributed by atoms with van der Waals surface area (Å²) in [6.07, 6.45) is 0. The monoisotopic (exact) mass is 493 g/mol. The van der Waals surface area contributed by atoms with Crippen molar-refractivity contribution >= 4 is 50.8 Å². The van der Waals surface area contributed by atoms with E-state index in [4.69, 9.17) is 16.3 Å². The molecule has 1 N–H and O–H groups in total. The molecule has 0 atom stereocenters. The summed E-state index contributed by atoms with van der Waals surface area (Å²) in [5.74, 6) is -0.758. The van der Waals surface area contributed by atoms with Crippen molar-refractivity contribution < 1.29 is 14.3 Å². The number of nitrogens with zero attached hydrogens (tertiary/aromatic N) is 2. The fraction of sp³-hybridized carbons (Fsp3) is 0.364. The molecule has 6 nitrogen and oxygen atoms in total. The molecule has 0 spiro atoms. The molecule has 1 fully saturated rings. The number of hydrogen-bond donors (Lipinski definition) is 1. The molecular weight excluding hydrogens is 470 g/mol. The van der Waals surface area contributed by atoms with Gasteiger partial charge in [0.25, 0.3) is 5.91 Å². The van der Waals surface area contributed by atoms with E-state index in [-0.39, 0.29) is 12.5 Å². The number of carbonyl (C=O) groups is 2. The van der Waals surface area contributed by atoms with E-state index in [0.29, 0.717) is 21.8 Å². The highest BCUT2D eigenvalue weighted by Crippen LogP contribution is 2.30. The Hall–Kier alpha value is -2.09. The number of benzene rings is 2. The Kier molecular flexibility index (Phi) is 7.75. The standard InChI is InChI=1S/C22H25BrClN3O3/c1-3-26-9-11-27(12-10-26)20-8-5-15(22(29)30-4-2)13-19(20)25-21(28)17-14-16(23)6-7-18(17)24/h5-8,13-14H,3-4,9-12H2,1-2H3,(H,25,28). The zero-order valence-electron chi connectivity index (χ0n) is 17.1. The number of amides is 1. The first-order valence-corrected chi connectivity index (χ1v) is 11.1. The number of esters is 1. The topological polar surface area (TPSA) is 61.9 Å². The summed E-state index contributed by atoms with van der Waals surface area (Å²) in [5.41, 5.74) is 2.18. The highest BCUT2D eigenvalue weighted by molar-refractivity contribution is 9.10. The Morgan fingerprint density at radius 1 is 1.10 bits per heavy atom. The summed E-state index contributed by atoms with van der Waals surface area (Å²) in [6.45, 7) is 8.78. The van der Waals surface area contributed by atoms with Crippen molar-refractivity contribution in [3.8, 4) is 0 Å². The van der Waals surface area contributed by atoms with E-state index in [1.165, 1.54) is 0 Å². The van der Waals surface area contributed by atoms with E-state index in [1.807, 2.05) is 6.07 Å². The minimum absolute atomic E-state index is 0.287. The smallest absolute Gasteiger partial charge is 0.338 e. The normalized spacial score (nSPS) is 14.5. The van der Waals surface area contributed by atoms with Gasteiger partial charge in [0.05, 0.1) is 34.1 Å². The van der Waals surface area contributed by atoms with Gasteiger partial charge in [0.2, 0.25) is 0 Å². The van der Waals surface area contributed by atoms with Gasteiger partial charge in [0.1, 0.15) is 0 Å². The Labute approximate surface area is 190 Å². The zero-order chi connectivity index (χ0) is 21.7. The van der Waals surface area contributed by atoms with Gasteiger partial charge in [-0.05, 0) is 49.9 Å². The van der Waals surface area contributed by atoms with E-state index in [2.05, 4.69) is 38.0 Å². The number of halogens is 2. The van der Waals surface area contributed by atoms with Crippen LogP contribution in [0.25, 0.3) is 0 Å². The molecule has 0 aliphatic carbocycles. The Morgan fingerprint density at radius 3 is 2.50 bits per heavy atom. The quantitative estimate of drug-likeness (QED) is 0.591. The van der Waals surface area contributed by atoms with Crippen LogP contribution in [0.3, 0.4) is 0 Å².